The van der Waals surface area contributed by atoms with Crippen LogP contribution in [-0.4, -0.2) is 9.97 Å². The molecule has 0 spiro atoms. The second-order valence-electron chi connectivity index (χ2n) is 6.63. The summed E-state index contributed by atoms with van der Waals surface area (Å²) in [5, 5.41) is 0. The van der Waals surface area contributed by atoms with Crippen LogP contribution >= 0.6 is 0 Å². The Morgan fingerprint density at radius 3 is 2.14 bits per heavy atom. The maximum Gasteiger partial charge on any atom is 0.161 e. The molecule has 2 aromatic rings. The van der Waals surface area contributed by atoms with Gasteiger partial charge >= 0.3 is 0 Å². The van der Waals surface area contributed by atoms with Crippen LogP contribution in [0, 0.1) is 0 Å². The summed E-state index contributed by atoms with van der Waals surface area (Å²) in [6.07, 6.45) is 0. The highest BCUT2D eigenvalue weighted by Gasteiger charge is 2.18. The summed E-state index contributed by atoms with van der Waals surface area (Å²) in [5.41, 5.74) is 5.85. The second kappa shape index (κ2) is 5.82. The Morgan fingerprint density at radius 1 is 1.05 bits per heavy atom. The number of nitrogens with zero attached hydrogens (tertiary/aromatic N) is 2. The maximum atomic E-state index is 5.53. The minimum Gasteiger partial charge on any atom is -0.308 e. The van der Waals surface area contributed by atoms with Crippen molar-refractivity contribution < 1.29 is 0 Å². The number of hydrazine groups is 1. The normalized spacial score (nSPS) is 11.8. The van der Waals surface area contributed by atoms with E-state index in [2.05, 4.69) is 69.3 Å². The highest BCUT2D eigenvalue weighted by atomic mass is 15.3. The molecule has 3 N–H and O–H groups in total. The van der Waals surface area contributed by atoms with Gasteiger partial charge in [0.05, 0.1) is 5.69 Å². The number of hydrogen-bond donors (Lipinski definition) is 2. The Labute approximate surface area is 126 Å². The van der Waals surface area contributed by atoms with E-state index >= 15 is 0 Å². The van der Waals surface area contributed by atoms with E-state index in [1.165, 1.54) is 5.56 Å². The fraction of sp³-hybridized carbons (Fsp3) is 0.412. The lowest BCUT2D eigenvalue weighted by atomic mass is 9.91. The summed E-state index contributed by atoms with van der Waals surface area (Å²) in [7, 11) is 0. The zero-order valence-electron chi connectivity index (χ0n) is 13.4. The second-order valence-corrected chi connectivity index (χ2v) is 6.63. The Bertz CT molecular complexity index is 610. The molecule has 0 amide bonds. The van der Waals surface area contributed by atoms with Gasteiger partial charge in [-0.15, -0.1) is 0 Å². The van der Waals surface area contributed by atoms with E-state index in [0.29, 0.717) is 17.6 Å². The van der Waals surface area contributed by atoms with Crippen molar-refractivity contribution in [3.63, 3.8) is 0 Å². The van der Waals surface area contributed by atoms with Crippen LogP contribution in [0.3, 0.4) is 0 Å². The van der Waals surface area contributed by atoms with Crippen molar-refractivity contribution in [3.05, 3.63) is 41.6 Å². The number of benzene rings is 1. The van der Waals surface area contributed by atoms with E-state index in [0.717, 1.165) is 11.3 Å². The third-order valence-electron chi connectivity index (χ3n) is 3.48. The van der Waals surface area contributed by atoms with E-state index in [1.54, 1.807) is 0 Å². The molecule has 0 atom stereocenters. The van der Waals surface area contributed by atoms with Crippen LogP contribution in [0.5, 0.6) is 0 Å². The standard InChI is InChI=1S/C17H24N4/c1-11(2)12-6-8-13(9-7-12)16-19-14(17(3,4)5)10-15(20-16)21-18/h6-11H,18H2,1-5H3,(H,19,20,21). The van der Waals surface area contributed by atoms with Crippen LogP contribution in [0.2, 0.25) is 0 Å². The number of nitrogens with one attached hydrogen (secondary N) is 1. The molecule has 0 fully saturated rings. The third-order valence-corrected chi connectivity index (χ3v) is 3.48. The molecule has 0 aliphatic carbocycles. The predicted molar refractivity (Wildman–Crippen MR) is 88.1 cm³/mol. The van der Waals surface area contributed by atoms with Gasteiger partial charge in [0.25, 0.3) is 0 Å². The Hall–Kier alpha value is -1.94. The summed E-state index contributed by atoms with van der Waals surface area (Å²) in [5.74, 6) is 7.39. The first-order chi connectivity index (χ1) is 9.81. The fourth-order valence-corrected chi connectivity index (χ4v) is 2.05. The molecule has 1 heterocycles. The molecule has 1 aromatic carbocycles. The van der Waals surface area contributed by atoms with Gasteiger partial charge in [0.2, 0.25) is 0 Å². The van der Waals surface area contributed by atoms with Gasteiger partial charge < -0.3 is 5.43 Å². The van der Waals surface area contributed by atoms with Crippen LogP contribution in [0.25, 0.3) is 11.4 Å². The van der Waals surface area contributed by atoms with Crippen molar-refractivity contribution in [1.29, 1.82) is 0 Å². The first kappa shape index (κ1) is 15.4. The average molecular weight is 284 g/mol. The minimum absolute atomic E-state index is 0.0544. The van der Waals surface area contributed by atoms with Crippen molar-refractivity contribution in [3.8, 4) is 11.4 Å². The number of nitrogens with two attached hydrogens (primary N) is 1. The topological polar surface area (TPSA) is 63.8 Å². The highest BCUT2D eigenvalue weighted by Crippen LogP contribution is 2.26. The lowest BCUT2D eigenvalue weighted by molar-refractivity contribution is 0.568. The zero-order valence-corrected chi connectivity index (χ0v) is 13.4. The quantitative estimate of drug-likeness (QED) is 0.664. The molecule has 0 aliphatic rings. The third kappa shape index (κ3) is 3.58. The van der Waals surface area contributed by atoms with Gasteiger partial charge in [-0.1, -0.05) is 58.9 Å². The van der Waals surface area contributed by atoms with Gasteiger partial charge in [0, 0.05) is 17.0 Å². The molecular weight excluding hydrogens is 260 g/mol. The SMILES string of the molecule is CC(C)c1ccc(-c2nc(NN)cc(C(C)(C)C)n2)cc1. The first-order valence-corrected chi connectivity index (χ1v) is 7.28. The highest BCUT2D eigenvalue weighted by molar-refractivity contribution is 5.58. The van der Waals surface area contributed by atoms with Gasteiger partial charge in [-0.3, -0.25) is 0 Å². The molecule has 21 heavy (non-hydrogen) atoms. The van der Waals surface area contributed by atoms with Gasteiger partial charge in [-0.05, 0) is 11.5 Å². The average Bonchev–Trinajstić information content (AvgIpc) is 2.46. The van der Waals surface area contributed by atoms with Crippen molar-refractivity contribution >= 4 is 5.82 Å². The van der Waals surface area contributed by atoms with E-state index in [9.17, 15) is 0 Å². The Kier molecular flexibility index (Phi) is 4.28. The number of rotatable bonds is 3. The fourth-order valence-electron chi connectivity index (χ4n) is 2.05. The summed E-state index contributed by atoms with van der Waals surface area (Å²) >= 11 is 0. The lowest BCUT2D eigenvalue weighted by Crippen LogP contribution is -2.17. The Morgan fingerprint density at radius 2 is 1.67 bits per heavy atom. The molecule has 2 rings (SSSR count). The Balaban J connectivity index is 2.47. The molecule has 112 valence electrons. The maximum absolute atomic E-state index is 5.53. The monoisotopic (exact) mass is 284 g/mol. The molecule has 0 bridgehead atoms. The van der Waals surface area contributed by atoms with E-state index in [1.807, 2.05) is 6.07 Å². The zero-order chi connectivity index (χ0) is 15.6. The molecule has 0 radical (unpaired) electrons. The lowest BCUT2D eigenvalue weighted by Gasteiger charge is -2.19. The molecule has 0 aliphatic heterocycles. The van der Waals surface area contributed by atoms with Crippen LogP contribution in [0.4, 0.5) is 5.82 Å². The summed E-state index contributed by atoms with van der Waals surface area (Å²) in [6, 6.07) is 10.3. The molecular formula is C17H24N4. The number of aromatic nitrogens is 2. The minimum atomic E-state index is -0.0544. The van der Waals surface area contributed by atoms with Crippen LogP contribution in [0.15, 0.2) is 30.3 Å². The van der Waals surface area contributed by atoms with Gasteiger partial charge in [-0.2, -0.15) is 0 Å². The van der Waals surface area contributed by atoms with E-state index in [4.69, 9.17) is 10.8 Å². The summed E-state index contributed by atoms with van der Waals surface area (Å²) in [4.78, 5) is 9.15. The molecule has 4 nitrogen and oxygen atoms in total. The number of hydrogen-bond acceptors (Lipinski definition) is 4. The van der Waals surface area contributed by atoms with Crippen LogP contribution in [0.1, 0.15) is 51.8 Å². The molecule has 0 saturated carbocycles. The van der Waals surface area contributed by atoms with Crippen molar-refractivity contribution in [1.82, 2.24) is 9.97 Å². The van der Waals surface area contributed by atoms with Gasteiger partial charge in [0.15, 0.2) is 5.82 Å². The van der Waals surface area contributed by atoms with E-state index in [-0.39, 0.29) is 5.41 Å². The first-order valence-electron chi connectivity index (χ1n) is 7.28. The number of anilines is 1. The van der Waals surface area contributed by atoms with Crippen molar-refractivity contribution in [2.75, 3.05) is 5.43 Å². The van der Waals surface area contributed by atoms with Crippen LogP contribution < -0.4 is 11.3 Å². The van der Waals surface area contributed by atoms with Crippen molar-refractivity contribution in [2.24, 2.45) is 5.84 Å². The smallest absolute Gasteiger partial charge is 0.161 e. The predicted octanol–water partition coefficient (Wildman–Crippen LogP) is 3.85. The summed E-state index contributed by atoms with van der Waals surface area (Å²) < 4.78 is 0. The van der Waals surface area contributed by atoms with Crippen LogP contribution in [-0.2, 0) is 5.41 Å². The van der Waals surface area contributed by atoms with Gasteiger partial charge in [-0.25, -0.2) is 15.8 Å². The van der Waals surface area contributed by atoms with Crippen molar-refractivity contribution in [2.45, 2.75) is 46.0 Å². The van der Waals surface area contributed by atoms with E-state index < -0.39 is 0 Å². The van der Waals surface area contributed by atoms with Gasteiger partial charge in [0.1, 0.15) is 5.82 Å². The molecule has 1 aromatic heterocycles. The number of nitrogen functional groups attached to an aromatic ring is 1. The summed E-state index contributed by atoms with van der Waals surface area (Å²) in [6.45, 7) is 10.7. The molecule has 0 unspecified atom stereocenters. The molecule has 4 heteroatoms. The largest absolute Gasteiger partial charge is 0.308 e. The molecule has 0 saturated heterocycles.